The van der Waals surface area contributed by atoms with Gasteiger partial charge in [-0.15, -0.1) is 4.98 Å². The molecule has 6 nitrogen and oxygen atoms in total. The smallest absolute Gasteiger partial charge is 0.324 e. The molecule has 1 N–H and O–H groups in total. The maximum atomic E-state index is 5.73. The molecule has 6 heteroatoms. The van der Waals surface area contributed by atoms with Crippen LogP contribution in [0.5, 0.6) is 12.0 Å². The highest BCUT2D eigenvalue weighted by Gasteiger charge is 2.15. The van der Waals surface area contributed by atoms with Crippen molar-refractivity contribution in [3.8, 4) is 12.0 Å². The molecule has 1 saturated carbocycles. The average Bonchev–Trinajstić information content (AvgIpc) is 2.51. The third-order valence-electron chi connectivity index (χ3n) is 3.48. The van der Waals surface area contributed by atoms with Crippen molar-refractivity contribution in [3.63, 3.8) is 0 Å². The monoisotopic (exact) mass is 280 g/mol. The van der Waals surface area contributed by atoms with Gasteiger partial charge in [-0.05, 0) is 25.2 Å². The number of methoxy groups -OCH3 is 1. The van der Waals surface area contributed by atoms with Crippen molar-refractivity contribution in [2.24, 2.45) is 5.92 Å². The number of nitrogens with one attached hydrogen (secondary N) is 1. The Labute approximate surface area is 120 Å². The molecule has 0 bridgehead atoms. The summed E-state index contributed by atoms with van der Waals surface area (Å²) in [4.78, 5) is 12.6. The molecule has 0 unspecified atom stereocenters. The molecule has 0 saturated heterocycles. The summed E-state index contributed by atoms with van der Waals surface area (Å²) < 4.78 is 10.8. The molecule has 20 heavy (non-hydrogen) atoms. The summed E-state index contributed by atoms with van der Waals surface area (Å²) in [6, 6.07) is 0.637. The van der Waals surface area contributed by atoms with Crippen LogP contribution < -0.4 is 14.8 Å². The van der Waals surface area contributed by atoms with E-state index in [1.807, 2.05) is 0 Å². The van der Waals surface area contributed by atoms with Gasteiger partial charge in [0.1, 0.15) is 0 Å². The van der Waals surface area contributed by atoms with Gasteiger partial charge in [0.15, 0.2) is 0 Å². The minimum atomic E-state index is 0.289. The normalized spacial score (nSPS) is 15.9. The second-order valence-electron chi connectivity index (χ2n) is 5.17. The molecule has 0 aromatic carbocycles. The first kappa shape index (κ1) is 14.8. The van der Waals surface area contributed by atoms with E-state index in [1.54, 1.807) is 7.11 Å². The fourth-order valence-corrected chi connectivity index (χ4v) is 2.36. The van der Waals surface area contributed by atoms with Crippen molar-refractivity contribution >= 4 is 5.95 Å². The van der Waals surface area contributed by atoms with E-state index in [4.69, 9.17) is 9.47 Å². The minimum absolute atomic E-state index is 0.289. The van der Waals surface area contributed by atoms with Crippen LogP contribution in [0.2, 0.25) is 0 Å². The van der Waals surface area contributed by atoms with Crippen molar-refractivity contribution in [1.29, 1.82) is 0 Å². The number of hydrogen-bond donors (Lipinski definition) is 1. The molecule has 0 radical (unpaired) electrons. The average molecular weight is 280 g/mol. The largest absolute Gasteiger partial charge is 0.467 e. The molecule has 1 aromatic heterocycles. The summed E-state index contributed by atoms with van der Waals surface area (Å²) in [6.07, 6.45) is 7.44. The van der Waals surface area contributed by atoms with Crippen molar-refractivity contribution in [2.75, 3.05) is 25.6 Å². The van der Waals surface area contributed by atoms with Gasteiger partial charge in [0, 0.05) is 6.54 Å². The lowest BCUT2D eigenvalue weighted by Gasteiger charge is -2.21. The number of aromatic nitrogens is 3. The Morgan fingerprint density at radius 2 is 1.85 bits per heavy atom. The van der Waals surface area contributed by atoms with Crippen LogP contribution in [-0.2, 0) is 0 Å². The fraction of sp³-hybridized carbons (Fsp3) is 0.786. The topological polar surface area (TPSA) is 69.2 Å². The molecule has 1 aromatic rings. The van der Waals surface area contributed by atoms with Gasteiger partial charge in [-0.25, -0.2) is 0 Å². The maximum Gasteiger partial charge on any atom is 0.324 e. The van der Waals surface area contributed by atoms with Crippen LogP contribution in [0.15, 0.2) is 0 Å². The van der Waals surface area contributed by atoms with Gasteiger partial charge < -0.3 is 14.8 Å². The Morgan fingerprint density at radius 1 is 1.10 bits per heavy atom. The second kappa shape index (κ2) is 7.87. The van der Waals surface area contributed by atoms with Gasteiger partial charge in [0.05, 0.1) is 13.7 Å². The highest BCUT2D eigenvalue weighted by molar-refractivity contribution is 5.27. The van der Waals surface area contributed by atoms with Crippen LogP contribution in [0.4, 0.5) is 5.95 Å². The molecule has 1 aliphatic rings. The van der Waals surface area contributed by atoms with Gasteiger partial charge >= 0.3 is 12.0 Å². The number of nitrogens with zero attached hydrogens (tertiary/aromatic N) is 3. The number of hydrogen-bond acceptors (Lipinski definition) is 6. The Kier molecular flexibility index (Phi) is 5.83. The van der Waals surface area contributed by atoms with Gasteiger partial charge in [0.2, 0.25) is 5.95 Å². The van der Waals surface area contributed by atoms with Crippen LogP contribution in [0.1, 0.15) is 45.4 Å². The molecule has 2 rings (SSSR count). The van der Waals surface area contributed by atoms with Gasteiger partial charge in [-0.3, -0.25) is 0 Å². The number of ether oxygens (including phenoxy) is 2. The summed E-state index contributed by atoms with van der Waals surface area (Å²) >= 11 is 0. The molecular formula is C14H24N4O2. The van der Waals surface area contributed by atoms with E-state index in [0.29, 0.717) is 24.5 Å². The second-order valence-corrected chi connectivity index (χ2v) is 5.17. The van der Waals surface area contributed by atoms with Crippen LogP contribution in [0.25, 0.3) is 0 Å². The Morgan fingerprint density at radius 3 is 2.55 bits per heavy atom. The first-order valence-corrected chi connectivity index (χ1v) is 7.48. The van der Waals surface area contributed by atoms with Crippen molar-refractivity contribution in [1.82, 2.24) is 15.0 Å². The van der Waals surface area contributed by atoms with Crippen molar-refractivity contribution in [3.05, 3.63) is 0 Å². The molecule has 112 valence electrons. The minimum Gasteiger partial charge on any atom is -0.467 e. The quantitative estimate of drug-likeness (QED) is 0.828. The summed E-state index contributed by atoms with van der Waals surface area (Å²) in [5.41, 5.74) is 0. The third-order valence-corrected chi connectivity index (χ3v) is 3.48. The summed E-state index contributed by atoms with van der Waals surface area (Å²) in [7, 11) is 1.55. The van der Waals surface area contributed by atoms with Crippen LogP contribution in [0.3, 0.4) is 0 Å². The fourth-order valence-electron chi connectivity index (χ4n) is 2.36. The van der Waals surface area contributed by atoms with E-state index >= 15 is 0 Å². The van der Waals surface area contributed by atoms with E-state index in [9.17, 15) is 0 Å². The number of anilines is 1. The van der Waals surface area contributed by atoms with Crippen molar-refractivity contribution in [2.45, 2.75) is 45.4 Å². The Balaban J connectivity index is 1.94. The van der Waals surface area contributed by atoms with Crippen LogP contribution >= 0.6 is 0 Å². The maximum absolute atomic E-state index is 5.73. The Hall–Kier alpha value is -1.59. The highest BCUT2D eigenvalue weighted by atomic mass is 16.5. The van der Waals surface area contributed by atoms with Crippen LogP contribution in [-0.4, -0.2) is 35.2 Å². The molecule has 0 spiro atoms. The molecule has 1 fully saturated rings. The van der Waals surface area contributed by atoms with Crippen LogP contribution in [0, 0.1) is 5.92 Å². The molecule has 1 aliphatic carbocycles. The zero-order chi connectivity index (χ0) is 14.2. The molecular weight excluding hydrogens is 256 g/mol. The van der Waals surface area contributed by atoms with Crippen molar-refractivity contribution < 1.29 is 9.47 Å². The van der Waals surface area contributed by atoms with E-state index in [0.717, 1.165) is 13.0 Å². The van der Waals surface area contributed by atoms with E-state index < -0.39 is 0 Å². The van der Waals surface area contributed by atoms with E-state index in [2.05, 4.69) is 27.2 Å². The third kappa shape index (κ3) is 4.51. The Bertz CT molecular complexity index is 408. The van der Waals surface area contributed by atoms with E-state index in [1.165, 1.54) is 32.1 Å². The van der Waals surface area contributed by atoms with Gasteiger partial charge in [-0.2, -0.15) is 9.97 Å². The standard InChI is InChI=1S/C14H24N4O2/c1-3-9-15-12-16-13(19-2)18-14(17-12)20-10-11-7-5-4-6-8-11/h11H,3-10H2,1-2H3,(H,15,16,17,18). The lowest BCUT2D eigenvalue weighted by molar-refractivity contribution is 0.193. The zero-order valence-corrected chi connectivity index (χ0v) is 12.4. The lowest BCUT2D eigenvalue weighted by Crippen LogP contribution is -2.17. The van der Waals surface area contributed by atoms with E-state index in [-0.39, 0.29) is 6.01 Å². The summed E-state index contributed by atoms with van der Waals surface area (Å²) in [5.74, 6) is 1.14. The predicted octanol–water partition coefficient (Wildman–Crippen LogP) is 2.66. The summed E-state index contributed by atoms with van der Waals surface area (Å²) in [5, 5.41) is 3.13. The molecule has 0 aliphatic heterocycles. The first-order valence-electron chi connectivity index (χ1n) is 7.48. The predicted molar refractivity (Wildman–Crippen MR) is 77.2 cm³/mol. The lowest BCUT2D eigenvalue weighted by atomic mass is 9.90. The summed E-state index contributed by atoms with van der Waals surface area (Å²) in [6.45, 7) is 3.58. The SMILES string of the molecule is CCCNc1nc(OC)nc(OCC2CCCCC2)n1. The number of rotatable bonds is 7. The zero-order valence-electron chi connectivity index (χ0n) is 12.4. The first-order chi connectivity index (χ1) is 9.81. The molecule has 1 heterocycles. The van der Waals surface area contributed by atoms with Gasteiger partial charge in [-0.1, -0.05) is 26.2 Å². The molecule has 0 amide bonds. The van der Waals surface area contributed by atoms with Gasteiger partial charge in [0.25, 0.3) is 0 Å². The molecule has 0 atom stereocenters. The highest BCUT2D eigenvalue weighted by Crippen LogP contribution is 2.24.